The highest BCUT2D eigenvalue weighted by Crippen LogP contribution is 2.28. The van der Waals surface area contributed by atoms with Crippen molar-refractivity contribution in [2.75, 3.05) is 5.32 Å². The molecule has 9 heteroatoms. The van der Waals surface area contributed by atoms with E-state index in [1.54, 1.807) is 0 Å². The van der Waals surface area contributed by atoms with E-state index in [-0.39, 0.29) is 22.9 Å². The van der Waals surface area contributed by atoms with Gasteiger partial charge in [0, 0.05) is 11.1 Å². The number of benzene rings is 1. The maximum atomic E-state index is 12.1. The van der Waals surface area contributed by atoms with Crippen molar-refractivity contribution in [1.82, 2.24) is 9.78 Å². The van der Waals surface area contributed by atoms with Gasteiger partial charge in [-0.15, -0.1) is 0 Å². The van der Waals surface area contributed by atoms with E-state index in [0.717, 1.165) is 15.9 Å². The summed E-state index contributed by atoms with van der Waals surface area (Å²) in [6.07, 6.45) is 0. The summed E-state index contributed by atoms with van der Waals surface area (Å²) in [5, 5.41) is 17.9. The molecule has 22 heavy (non-hydrogen) atoms. The molecule has 1 heterocycles. The Kier molecular flexibility index (Phi) is 4.82. The van der Waals surface area contributed by atoms with Crippen LogP contribution in [0.15, 0.2) is 22.7 Å². The molecule has 2 rings (SSSR count). The lowest BCUT2D eigenvalue weighted by molar-refractivity contribution is -0.383. The summed E-state index contributed by atoms with van der Waals surface area (Å²) in [5.74, 6) is -0.413. The fourth-order valence-corrected chi connectivity index (χ4v) is 2.37. The second-order valence-electron chi connectivity index (χ2n) is 4.61. The Morgan fingerprint density at radius 1 is 1.50 bits per heavy atom. The smallest absolute Gasteiger partial charge is 0.294 e. The average Bonchev–Trinajstić information content (AvgIpc) is 2.68. The topological polar surface area (TPSA) is 90.1 Å². The summed E-state index contributed by atoms with van der Waals surface area (Å²) in [4.78, 5) is 22.5. The van der Waals surface area contributed by atoms with Crippen LogP contribution in [0.1, 0.15) is 11.4 Å². The largest absolute Gasteiger partial charge is 0.319 e. The van der Waals surface area contributed by atoms with Crippen LogP contribution in [-0.2, 0) is 11.3 Å². The average molecular weight is 388 g/mol. The Morgan fingerprint density at radius 2 is 2.18 bits per heavy atom. The number of hydrogen-bond acceptors (Lipinski definition) is 4. The Hall–Kier alpha value is -1.93. The van der Waals surface area contributed by atoms with Gasteiger partial charge in [0.2, 0.25) is 5.91 Å². The van der Waals surface area contributed by atoms with Crippen molar-refractivity contribution in [3.63, 3.8) is 0 Å². The van der Waals surface area contributed by atoms with Crippen molar-refractivity contribution in [2.45, 2.75) is 20.4 Å². The number of halogens is 2. The number of nitrogens with one attached hydrogen (secondary N) is 1. The van der Waals surface area contributed by atoms with Gasteiger partial charge in [-0.25, -0.2) is 0 Å². The Bertz CT molecular complexity index is 760. The zero-order valence-electron chi connectivity index (χ0n) is 11.8. The van der Waals surface area contributed by atoms with E-state index < -0.39 is 10.8 Å². The molecule has 0 fully saturated rings. The molecule has 1 amide bonds. The highest BCUT2D eigenvalue weighted by Gasteiger charge is 2.18. The normalized spacial score (nSPS) is 10.5. The predicted octanol–water partition coefficient (Wildman–Crippen LogP) is 3.46. The van der Waals surface area contributed by atoms with E-state index in [0.29, 0.717) is 0 Å². The summed E-state index contributed by atoms with van der Waals surface area (Å²) in [7, 11) is 0. The molecule has 2 aromatic rings. The molecule has 0 atom stereocenters. The second-order valence-corrected chi connectivity index (χ2v) is 5.84. The van der Waals surface area contributed by atoms with Crippen LogP contribution in [0, 0.1) is 24.0 Å². The quantitative estimate of drug-likeness (QED) is 0.642. The van der Waals surface area contributed by atoms with Gasteiger partial charge in [0.05, 0.1) is 20.8 Å². The second kappa shape index (κ2) is 6.45. The minimum Gasteiger partial charge on any atom is -0.319 e. The third-order valence-electron chi connectivity index (χ3n) is 3.02. The molecule has 0 aliphatic carbocycles. The highest BCUT2D eigenvalue weighted by molar-refractivity contribution is 9.10. The molecular weight excluding hydrogens is 376 g/mol. The van der Waals surface area contributed by atoms with Crippen LogP contribution in [0.25, 0.3) is 0 Å². The molecule has 0 aliphatic rings. The lowest BCUT2D eigenvalue weighted by Crippen LogP contribution is -2.20. The molecule has 0 spiro atoms. The Labute approximate surface area is 139 Å². The maximum absolute atomic E-state index is 12.1. The van der Waals surface area contributed by atoms with Crippen LogP contribution >= 0.6 is 27.5 Å². The van der Waals surface area contributed by atoms with Crippen LogP contribution < -0.4 is 5.32 Å². The summed E-state index contributed by atoms with van der Waals surface area (Å²) in [6.45, 7) is 3.59. The van der Waals surface area contributed by atoms with E-state index in [4.69, 9.17) is 11.6 Å². The SMILES string of the molecule is Cc1nn(CC(=O)Nc2ccc(Cl)cc2[N+](=O)[O-])c(C)c1Br. The van der Waals surface area contributed by atoms with Crippen LogP contribution in [0.3, 0.4) is 0 Å². The zero-order valence-corrected chi connectivity index (χ0v) is 14.1. The lowest BCUT2D eigenvalue weighted by atomic mass is 10.2. The Balaban J connectivity index is 2.19. The van der Waals surface area contributed by atoms with Crippen LogP contribution in [0.4, 0.5) is 11.4 Å². The van der Waals surface area contributed by atoms with E-state index in [9.17, 15) is 14.9 Å². The third-order valence-corrected chi connectivity index (χ3v) is 4.40. The first-order valence-electron chi connectivity index (χ1n) is 6.23. The molecule has 0 unspecified atom stereocenters. The number of aromatic nitrogens is 2. The maximum Gasteiger partial charge on any atom is 0.294 e. The fourth-order valence-electron chi connectivity index (χ4n) is 1.92. The molecule has 1 aromatic carbocycles. The van der Waals surface area contributed by atoms with Gasteiger partial charge in [0.1, 0.15) is 12.2 Å². The van der Waals surface area contributed by atoms with E-state index in [1.165, 1.54) is 22.9 Å². The van der Waals surface area contributed by atoms with Crippen LogP contribution in [0.2, 0.25) is 5.02 Å². The molecule has 116 valence electrons. The first-order chi connectivity index (χ1) is 10.3. The molecular formula is C13H12BrClN4O3. The van der Waals surface area contributed by atoms with Gasteiger partial charge in [0.15, 0.2) is 0 Å². The third kappa shape index (κ3) is 3.45. The van der Waals surface area contributed by atoms with Gasteiger partial charge in [0.25, 0.3) is 5.69 Å². The number of nitrogens with zero attached hydrogens (tertiary/aromatic N) is 3. The van der Waals surface area contributed by atoms with Gasteiger partial charge >= 0.3 is 0 Å². The summed E-state index contributed by atoms with van der Waals surface area (Å²) >= 11 is 9.11. The number of carbonyl (C=O) groups excluding carboxylic acids is 1. The molecule has 0 aliphatic heterocycles. The number of rotatable bonds is 4. The number of nitro groups is 1. The first-order valence-corrected chi connectivity index (χ1v) is 7.40. The lowest BCUT2D eigenvalue weighted by Gasteiger charge is -2.07. The van der Waals surface area contributed by atoms with Crippen LogP contribution in [0.5, 0.6) is 0 Å². The molecule has 1 N–H and O–H groups in total. The number of anilines is 1. The molecule has 7 nitrogen and oxygen atoms in total. The molecule has 0 bridgehead atoms. The van der Waals surface area contributed by atoms with Crippen molar-refractivity contribution >= 4 is 44.8 Å². The standard InChI is InChI=1S/C13H12BrClN4O3/c1-7-13(14)8(2)18(17-7)6-12(20)16-10-4-3-9(15)5-11(10)19(21)22/h3-5H,6H2,1-2H3,(H,16,20). The first kappa shape index (κ1) is 16.4. The monoisotopic (exact) mass is 386 g/mol. The van der Waals surface area contributed by atoms with Crippen molar-refractivity contribution < 1.29 is 9.72 Å². The summed E-state index contributed by atoms with van der Waals surface area (Å²) in [5.41, 5.74) is 1.41. The van der Waals surface area contributed by atoms with E-state index >= 15 is 0 Å². The van der Waals surface area contributed by atoms with Crippen molar-refractivity contribution in [3.05, 3.63) is 49.2 Å². The Morgan fingerprint density at radius 3 is 2.73 bits per heavy atom. The number of amides is 1. The van der Waals surface area contributed by atoms with E-state index in [1.807, 2.05) is 13.8 Å². The summed E-state index contributed by atoms with van der Waals surface area (Å²) in [6, 6.07) is 4.07. The molecule has 0 saturated carbocycles. The minimum atomic E-state index is -0.596. The van der Waals surface area contributed by atoms with Gasteiger partial charge in [-0.05, 0) is 41.9 Å². The highest BCUT2D eigenvalue weighted by atomic mass is 79.9. The van der Waals surface area contributed by atoms with Gasteiger partial charge in [-0.3, -0.25) is 19.6 Å². The van der Waals surface area contributed by atoms with Crippen molar-refractivity contribution in [2.24, 2.45) is 0 Å². The number of nitro benzene ring substituents is 1. The molecule has 0 radical (unpaired) electrons. The van der Waals surface area contributed by atoms with Crippen molar-refractivity contribution in [3.8, 4) is 0 Å². The predicted molar refractivity (Wildman–Crippen MR) is 86.1 cm³/mol. The number of aryl methyl sites for hydroxylation is 1. The minimum absolute atomic E-state index is 0.0436. The van der Waals surface area contributed by atoms with Crippen LogP contribution in [-0.4, -0.2) is 20.6 Å². The molecule has 1 aromatic heterocycles. The van der Waals surface area contributed by atoms with E-state index in [2.05, 4.69) is 26.3 Å². The van der Waals surface area contributed by atoms with Gasteiger partial charge in [-0.1, -0.05) is 11.6 Å². The molecule has 0 saturated heterocycles. The van der Waals surface area contributed by atoms with Crippen molar-refractivity contribution in [1.29, 1.82) is 0 Å². The number of carbonyl (C=O) groups is 1. The fraction of sp³-hybridized carbons (Fsp3) is 0.231. The summed E-state index contributed by atoms with van der Waals surface area (Å²) < 4.78 is 2.36. The number of hydrogen-bond donors (Lipinski definition) is 1. The van der Waals surface area contributed by atoms with Gasteiger partial charge < -0.3 is 5.32 Å². The zero-order chi connectivity index (χ0) is 16.4. The van der Waals surface area contributed by atoms with Gasteiger partial charge in [-0.2, -0.15) is 5.10 Å².